The third kappa shape index (κ3) is 2.06. The smallest absolute Gasteiger partial charge is 0.287 e. The molecule has 2 atom stereocenters. The summed E-state index contributed by atoms with van der Waals surface area (Å²) in [5.74, 6) is 0.959. The summed E-state index contributed by atoms with van der Waals surface area (Å²) in [5, 5.41) is 10.4. The second kappa shape index (κ2) is 5.22. The molecule has 2 aromatic carbocycles. The van der Waals surface area contributed by atoms with Crippen LogP contribution in [-0.4, -0.2) is 26.6 Å². The summed E-state index contributed by atoms with van der Waals surface area (Å²) in [6.07, 6.45) is 0.866. The number of hydrazone groups is 1. The van der Waals surface area contributed by atoms with Crippen LogP contribution in [0.4, 0.5) is 0 Å². The Morgan fingerprint density at radius 2 is 1.96 bits per heavy atom. The lowest BCUT2D eigenvalue weighted by atomic mass is 9.96. The molecular formula is C18H15N3OS2. The predicted molar refractivity (Wildman–Crippen MR) is 100 cm³/mol. The fourth-order valence-electron chi connectivity index (χ4n) is 3.54. The zero-order chi connectivity index (χ0) is 16.1. The molecular weight excluding hydrogens is 338 g/mol. The maximum Gasteiger partial charge on any atom is 0.287 e. The van der Waals surface area contributed by atoms with Crippen molar-refractivity contribution in [1.82, 2.24) is 10.3 Å². The maximum atomic E-state index is 6.35. The SMILES string of the molecule is S=C1N[C@]2(CS1)Oc1ccccc1[C@@H]1CC(c3ccccc3)=NN12. The van der Waals surface area contributed by atoms with Crippen molar-refractivity contribution in [3.05, 3.63) is 65.7 Å². The quantitative estimate of drug-likeness (QED) is 0.794. The molecule has 0 aliphatic carbocycles. The van der Waals surface area contributed by atoms with E-state index in [-0.39, 0.29) is 6.04 Å². The standard InChI is InChI=1S/C18H15N3OS2/c23-17-19-18(11-24-17)21-15(13-8-4-5-9-16(13)22-18)10-14(20-21)12-6-2-1-3-7-12/h1-9,15H,10-11H2,(H,19,23)/t15-,18-/m0/s1. The minimum absolute atomic E-state index is 0.166. The fraction of sp³-hybridized carbons (Fsp3) is 0.222. The van der Waals surface area contributed by atoms with Gasteiger partial charge in [-0.1, -0.05) is 72.5 Å². The van der Waals surface area contributed by atoms with Gasteiger partial charge in [-0.3, -0.25) is 0 Å². The Morgan fingerprint density at radius 1 is 1.17 bits per heavy atom. The van der Waals surface area contributed by atoms with Crippen molar-refractivity contribution in [2.75, 3.05) is 5.75 Å². The van der Waals surface area contributed by atoms with Gasteiger partial charge in [-0.05, 0) is 11.6 Å². The van der Waals surface area contributed by atoms with Crippen molar-refractivity contribution < 1.29 is 4.74 Å². The molecule has 3 heterocycles. The van der Waals surface area contributed by atoms with Crippen LogP contribution in [0.25, 0.3) is 0 Å². The van der Waals surface area contributed by atoms with Gasteiger partial charge < -0.3 is 10.1 Å². The maximum absolute atomic E-state index is 6.35. The summed E-state index contributed by atoms with van der Waals surface area (Å²) in [7, 11) is 0. The highest BCUT2D eigenvalue weighted by Gasteiger charge is 2.53. The lowest BCUT2D eigenvalue weighted by Gasteiger charge is -2.44. The molecule has 0 saturated carbocycles. The first-order valence-electron chi connectivity index (χ1n) is 7.90. The summed E-state index contributed by atoms with van der Waals surface area (Å²) in [6.45, 7) is 0. The van der Waals surface area contributed by atoms with Gasteiger partial charge in [-0.25, -0.2) is 5.01 Å². The van der Waals surface area contributed by atoms with Gasteiger partial charge in [-0.2, -0.15) is 5.10 Å². The average molecular weight is 353 g/mol. The predicted octanol–water partition coefficient (Wildman–Crippen LogP) is 3.51. The average Bonchev–Trinajstić information content (AvgIpc) is 3.22. The summed E-state index contributed by atoms with van der Waals surface area (Å²) in [6, 6.07) is 18.7. The number of thiocarbonyl (C=S) groups is 1. The third-order valence-electron chi connectivity index (χ3n) is 4.64. The van der Waals surface area contributed by atoms with Crippen LogP contribution in [0.15, 0.2) is 59.7 Å². The molecule has 0 unspecified atom stereocenters. The van der Waals surface area contributed by atoms with E-state index in [1.807, 2.05) is 30.3 Å². The highest BCUT2D eigenvalue weighted by atomic mass is 32.2. The van der Waals surface area contributed by atoms with Gasteiger partial charge in [0, 0.05) is 12.0 Å². The number of nitrogens with zero attached hydrogens (tertiary/aromatic N) is 2. The van der Waals surface area contributed by atoms with Gasteiger partial charge >= 0.3 is 0 Å². The lowest BCUT2D eigenvalue weighted by molar-refractivity contribution is -0.109. The van der Waals surface area contributed by atoms with E-state index in [1.165, 1.54) is 5.56 Å². The summed E-state index contributed by atoms with van der Waals surface area (Å²) in [4.78, 5) is 0. The number of thioether (sulfide) groups is 1. The van der Waals surface area contributed by atoms with Crippen LogP contribution >= 0.6 is 24.0 Å². The first-order chi connectivity index (χ1) is 11.8. The molecule has 0 aromatic heterocycles. The van der Waals surface area contributed by atoms with Crippen LogP contribution in [0.5, 0.6) is 5.75 Å². The number of ether oxygens (including phenoxy) is 1. The molecule has 6 heteroatoms. The molecule has 1 saturated heterocycles. The normalized spacial score (nSPS) is 27.3. The Morgan fingerprint density at radius 3 is 2.75 bits per heavy atom. The molecule has 2 aromatic rings. The van der Waals surface area contributed by atoms with E-state index in [4.69, 9.17) is 22.1 Å². The van der Waals surface area contributed by atoms with E-state index in [9.17, 15) is 0 Å². The van der Waals surface area contributed by atoms with Gasteiger partial charge in [0.2, 0.25) is 0 Å². The Balaban J connectivity index is 1.62. The van der Waals surface area contributed by atoms with Crippen molar-refractivity contribution in [3.8, 4) is 5.75 Å². The van der Waals surface area contributed by atoms with Gasteiger partial charge in [0.05, 0.1) is 17.5 Å². The summed E-state index contributed by atoms with van der Waals surface area (Å²) >= 11 is 6.96. The molecule has 5 rings (SSSR count). The van der Waals surface area contributed by atoms with E-state index in [0.717, 1.165) is 33.5 Å². The van der Waals surface area contributed by atoms with Crippen LogP contribution in [-0.2, 0) is 0 Å². The van der Waals surface area contributed by atoms with Crippen molar-refractivity contribution >= 4 is 34.0 Å². The highest BCUT2D eigenvalue weighted by Crippen LogP contribution is 2.48. The van der Waals surface area contributed by atoms with Crippen LogP contribution in [0, 0.1) is 0 Å². The van der Waals surface area contributed by atoms with Crippen molar-refractivity contribution in [3.63, 3.8) is 0 Å². The Hall–Kier alpha value is -2.05. The zero-order valence-corrected chi connectivity index (χ0v) is 14.4. The lowest BCUT2D eigenvalue weighted by Crippen LogP contribution is -2.62. The van der Waals surface area contributed by atoms with Gasteiger partial charge in [-0.15, -0.1) is 0 Å². The third-order valence-corrected chi connectivity index (χ3v) is 6.00. The van der Waals surface area contributed by atoms with Crippen LogP contribution < -0.4 is 10.1 Å². The number of nitrogens with one attached hydrogen (secondary N) is 1. The van der Waals surface area contributed by atoms with Crippen molar-refractivity contribution in [1.29, 1.82) is 0 Å². The molecule has 4 nitrogen and oxygen atoms in total. The molecule has 0 bridgehead atoms. The van der Waals surface area contributed by atoms with E-state index in [0.29, 0.717) is 0 Å². The van der Waals surface area contributed by atoms with Crippen molar-refractivity contribution in [2.45, 2.75) is 18.3 Å². The van der Waals surface area contributed by atoms with E-state index in [2.05, 4.69) is 34.6 Å². The van der Waals surface area contributed by atoms with Crippen LogP contribution in [0.2, 0.25) is 0 Å². The largest absolute Gasteiger partial charge is 0.447 e. The Labute approximate surface area is 149 Å². The number of para-hydroxylation sites is 1. The van der Waals surface area contributed by atoms with Gasteiger partial charge in [0.25, 0.3) is 5.85 Å². The first kappa shape index (κ1) is 14.3. The van der Waals surface area contributed by atoms with E-state index < -0.39 is 5.85 Å². The Kier molecular flexibility index (Phi) is 3.11. The summed E-state index contributed by atoms with van der Waals surface area (Å²) < 4.78 is 7.11. The topological polar surface area (TPSA) is 36.9 Å². The second-order valence-electron chi connectivity index (χ2n) is 6.10. The molecule has 120 valence electrons. The molecule has 1 fully saturated rings. The number of fused-ring (bicyclic) bond motifs is 4. The number of benzene rings is 2. The second-order valence-corrected chi connectivity index (χ2v) is 7.75. The first-order valence-corrected chi connectivity index (χ1v) is 9.30. The molecule has 0 radical (unpaired) electrons. The summed E-state index contributed by atoms with van der Waals surface area (Å²) in [5.41, 5.74) is 3.43. The van der Waals surface area contributed by atoms with Crippen LogP contribution in [0.1, 0.15) is 23.6 Å². The van der Waals surface area contributed by atoms with Crippen LogP contribution in [0.3, 0.4) is 0 Å². The number of hydrogen-bond acceptors (Lipinski definition) is 5. The molecule has 0 amide bonds. The molecule has 3 aliphatic rings. The molecule has 1 spiro atoms. The molecule has 1 N–H and O–H groups in total. The van der Waals surface area contributed by atoms with Gasteiger partial charge in [0.15, 0.2) is 0 Å². The molecule has 24 heavy (non-hydrogen) atoms. The monoisotopic (exact) mass is 353 g/mol. The Bertz CT molecular complexity index is 854. The minimum atomic E-state index is -0.683. The number of hydrogen-bond donors (Lipinski definition) is 1. The fourth-order valence-corrected chi connectivity index (χ4v) is 4.70. The zero-order valence-electron chi connectivity index (χ0n) is 12.8. The van der Waals surface area contributed by atoms with Gasteiger partial charge in [0.1, 0.15) is 10.1 Å². The highest BCUT2D eigenvalue weighted by molar-refractivity contribution is 8.23. The van der Waals surface area contributed by atoms with Crippen molar-refractivity contribution in [2.24, 2.45) is 5.10 Å². The van der Waals surface area contributed by atoms with E-state index >= 15 is 0 Å². The van der Waals surface area contributed by atoms with E-state index in [1.54, 1.807) is 11.8 Å². The molecule has 3 aliphatic heterocycles. The minimum Gasteiger partial charge on any atom is -0.447 e. The number of rotatable bonds is 1.